The molecule has 0 aromatic heterocycles. The first-order valence-electron chi connectivity index (χ1n) is 5.47. The van der Waals surface area contributed by atoms with Crippen LogP contribution in [0, 0.1) is 0 Å². The summed E-state index contributed by atoms with van der Waals surface area (Å²) in [6.45, 7) is 0.808. The first-order chi connectivity index (χ1) is 7.65. The van der Waals surface area contributed by atoms with E-state index < -0.39 is 5.97 Å². The van der Waals surface area contributed by atoms with Crippen LogP contribution >= 0.6 is 0 Å². The van der Waals surface area contributed by atoms with Gasteiger partial charge in [0, 0.05) is 31.3 Å². The maximum absolute atomic E-state index is 11.6. The number of nitrogens with zero attached hydrogens (tertiary/aromatic N) is 1. The van der Waals surface area contributed by atoms with Gasteiger partial charge < -0.3 is 15.1 Å². The van der Waals surface area contributed by atoms with Gasteiger partial charge in [-0.3, -0.25) is 4.79 Å². The fourth-order valence-corrected chi connectivity index (χ4v) is 1.99. The summed E-state index contributed by atoms with van der Waals surface area (Å²) < 4.78 is 0. The van der Waals surface area contributed by atoms with Crippen molar-refractivity contribution in [3.8, 4) is 0 Å². The molecule has 0 spiro atoms. The van der Waals surface area contributed by atoms with Crippen LogP contribution in [0.2, 0.25) is 0 Å². The number of carboxylic acid groups (broad SMARTS) is 1. The second-order valence-corrected chi connectivity index (χ2v) is 3.87. The van der Waals surface area contributed by atoms with E-state index in [1.807, 2.05) is 0 Å². The Labute approximate surface area is 94.4 Å². The van der Waals surface area contributed by atoms with Gasteiger partial charge in [-0.15, -0.1) is 0 Å². The Bertz CT molecular complexity index is 288. The Balaban J connectivity index is 2.50. The van der Waals surface area contributed by atoms with Crippen LogP contribution in [-0.4, -0.2) is 46.2 Å². The van der Waals surface area contributed by atoms with E-state index in [2.05, 4.69) is 0 Å². The van der Waals surface area contributed by atoms with Gasteiger partial charge in [-0.25, -0.2) is 4.79 Å². The highest BCUT2D eigenvalue weighted by atomic mass is 16.4. The zero-order valence-corrected chi connectivity index (χ0v) is 9.13. The van der Waals surface area contributed by atoms with Crippen LogP contribution in [0.5, 0.6) is 0 Å². The average molecular weight is 227 g/mol. The highest BCUT2D eigenvalue weighted by molar-refractivity contribution is 5.94. The molecule has 1 atom stereocenters. The van der Waals surface area contributed by atoms with E-state index in [0.717, 1.165) is 31.4 Å². The van der Waals surface area contributed by atoms with E-state index in [-0.39, 0.29) is 18.6 Å². The quantitative estimate of drug-likeness (QED) is 0.666. The van der Waals surface area contributed by atoms with Crippen molar-refractivity contribution in [3.63, 3.8) is 0 Å². The van der Waals surface area contributed by atoms with Crippen LogP contribution in [0.25, 0.3) is 0 Å². The number of carbonyl (C=O) groups is 2. The Morgan fingerprint density at radius 1 is 1.38 bits per heavy atom. The maximum atomic E-state index is 11.6. The minimum atomic E-state index is -1.11. The van der Waals surface area contributed by atoms with Gasteiger partial charge in [0.2, 0.25) is 5.91 Å². The van der Waals surface area contributed by atoms with E-state index in [9.17, 15) is 9.59 Å². The zero-order chi connectivity index (χ0) is 12.0. The van der Waals surface area contributed by atoms with Gasteiger partial charge >= 0.3 is 5.97 Å². The second-order valence-electron chi connectivity index (χ2n) is 3.87. The Morgan fingerprint density at radius 3 is 2.75 bits per heavy atom. The average Bonchev–Trinajstić information content (AvgIpc) is 2.71. The standard InChI is InChI=1S/C11H17NO4/c13-8-2-4-9-3-1-7-12(9)10(14)5-6-11(15)16/h5-6,9,13H,1-4,7-8H2,(H,15,16). The molecule has 1 unspecified atom stereocenters. The fraction of sp³-hybridized carbons (Fsp3) is 0.636. The summed E-state index contributed by atoms with van der Waals surface area (Å²) in [4.78, 5) is 23.6. The highest BCUT2D eigenvalue weighted by Gasteiger charge is 2.26. The van der Waals surface area contributed by atoms with Crippen molar-refractivity contribution >= 4 is 11.9 Å². The van der Waals surface area contributed by atoms with Crippen molar-refractivity contribution in [1.82, 2.24) is 4.90 Å². The monoisotopic (exact) mass is 227 g/mol. The summed E-state index contributed by atoms with van der Waals surface area (Å²) in [6, 6.07) is 0.151. The molecule has 0 aromatic carbocycles. The molecule has 1 heterocycles. The third-order valence-electron chi connectivity index (χ3n) is 2.72. The molecule has 1 rings (SSSR count). The van der Waals surface area contributed by atoms with E-state index in [0.29, 0.717) is 13.0 Å². The van der Waals surface area contributed by atoms with Gasteiger partial charge in [-0.1, -0.05) is 0 Å². The van der Waals surface area contributed by atoms with Crippen LogP contribution in [0.3, 0.4) is 0 Å². The van der Waals surface area contributed by atoms with E-state index in [1.54, 1.807) is 4.90 Å². The molecule has 90 valence electrons. The van der Waals surface area contributed by atoms with Crippen molar-refractivity contribution in [2.24, 2.45) is 0 Å². The molecule has 2 N–H and O–H groups in total. The van der Waals surface area contributed by atoms with Crippen molar-refractivity contribution in [3.05, 3.63) is 12.2 Å². The lowest BCUT2D eigenvalue weighted by Gasteiger charge is -2.23. The van der Waals surface area contributed by atoms with Crippen LogP contribution < -0.4 is 0 Å². The third-order valence-corrected chi connectivity index (χ3v) is 2.72. The second kappa shape index (κ2) is 6.27. The first kappa shape index (κ1) is 12.7. The molecule has 5 nitrogen and oxygen atoms in total. The van der Waals surface area contributed by atoms with Crippen molar-refractivity contribution in [2.45, 2.75) is 31.7 Å². The highest BCUT2D eigenvalue weighted by Crippen LogP contribution is 2.21. The molecule has 0 bridgehead atoms. The lowest BCUT2D eigenvalue weighted by atomic mass is 10.1. The van der Waals surface area contributed by atoms with E-state index in [4.69, 9.17) is 10.2 Å². The van der Waals surface area contributed by atoms with Crippen LogP contribution in [0.4, 0.5) is 0 Å². The summed E-state index contributed by atoms with van der Waals surface area (Å²) in [5.41, 5.74) is 0. The van der Waals surface area contributed by atoms with Gasteiger partial charge in [0.05, 0.1) is 0 Å². The number of likely N-dealkylation sites (tertiary alicyclic amines) is 1. The van der Waals surface area contributed by atoms with Crippen molar-refractivity contribution in [2.75, 3.05) is 13.2 Å². The largest absolute Gasteiger partial charge is 0.478 e. The minimum absolute atomic E-state index is 0.128. The Morgan fingerprint density at radius 2 is 2.12 bits per heavy atom. The Kier molecular flexibility index (Phi) is 4.98. The molecule has 1 saturated heterocycles. The summed E-state index contributed by atoms with van der Waals surface area (Å²) in [7, 11) is 0. The molecule has 16 heavy (non-hydrogen) atoms. The summed E-state index contributed by atoms with van der Waals surface area (Å²) >= 11 is 0. The van der Waals surface area contributed by atoms with Crippen molar-refractivity contribution in [1.29, 1.82) is 0 Å². The molecule has 0 radical (unpaired) electrons. The summed E-state index contributed by atoms with van der Waals surface area (Å²) in [5, 5.41) is 17.2. The van der Waals surface area contributed by atoms with E-state index >= 15 is 0 Å². The predicted molar refractivity (Wildman–Crippen MR) is 57.8 cm³/mol. The maximum Gasteiger partial charge on any atom is 0.328 e. The Hall–Kier alpha value is -1.36. The van der Waals surface area contributed by atoms with Crippen molar-refractivity contribution < 1.29 is 19.8 Å². The predicted octanol–water partition coefficient (Wildman–Crippen LogP) is 0.391. The molecule has 1 aliphatic heterocycles. The van der Waals surface area contributed by atoms with E-state index in [1.165, 1.54) is 0 Å². The van der Waals surface area contributed by atoms with Gasteiger partial charge in [0.1, 0.15) is 0 Å². The molecule has 1 amide bonds. The summed E-state index contributed by atoms with van der Waals surface area (Å²) in [5.74, 6) is -1.36. The molecular weight excluding hydrogens is 210 g/mol. The molecule has 5 heteroatoms. The zero-order valence-electron chi connectivity index (χ0n) is 9.13. The lowest BCUT2D eigenvalue weighted by Crippen LogP contribution is -2.34. The molecular formula is C11H17NO4. The number of rotatable bonds is 5. The third kappa shape index (κ3) is 3.66. The molecule has 1 aliphatic rings. The summed E-state index contributed by atoms with van der Waals surface area (Å²) in [6.07, 6.45) is 5.30. The number of carboxylic acids is 1. The van der Waals surface area contributed by atoms with Crippen LogP contribution in [0.15, 0.2) is 12.2 Å². The lowest BCUT2D eigenvalue weighted by molar-refractivity contribution is -0.132. The van der Waals surface area contributed by atoms with Gasteiger partial charge in [0.15, 0.2) is 0 Å². The number of hydrogen-bond acceptors (Lipinski definition) is 3. The fourth-order valence-electron chi connectivity index (χ4n) is 1.99. The normalized spacial score (nSPS) is 20.6. The minimum Gasteiger partial charge on any atom is -0.478 e. The number of aliphatic hydroxyl groups excluding tert-OH is 1. The topological polar surface area (TPSA) is 77.8 Å². The van der Waals surface area contributed by atoms with Gasteiger partial charge in [0.25, 0.3) is 0 Å². The van der Waals surface area contributed by atoms with Gasteiger partial charge in [-0.2, -0.15) is 0 Å². The molecule has 1 fully saturated rings. The molecule has 0 saturated carbocycles. The van der Waals surface area contributed by atoms with Crippen LogP contribution in [0.1, 0.15) is 25.7 Å². The smallest absolute Gasteiger partial charge is 0.328 e. The number of hydrogen-bond donors (Lipinski definition) is 2. The molecule has 0 aliphatic carbocycles. The number of carbonyl (C=O) groups excluding carboxylic acids is 1. The number of aliphatic carboxylic acids is 1. The van der Waals surface area contributed by atoms with Gasteiger partial charge in [-0.05, 0) is 25.7 Å². The van der Waals surface area contributed by atoms with Crippen LogP contribution in [-0.2, 0) is 9.59 Å². The molecule has 0 aromatic rings. The first-order valence-corrected chi connectivity index (χ1v) is 5.47. The number of aliphatic hydroxyl groups is 1. The number of amides is 1. The SMILES string of the molecule is O=C(O)C=CC(=O)N1CCCC1CCCO.